The van der Waals surface area contributed by atoms with E-state index in [9.17, 15) is 15.0 Å². The molecule has 1 aromatic carbocycles. The normalized spacial score (nSPS) is 14.9. The number of hydrogen-bond donors (Lipinski definition) is 3. The van der Waals surface area contributed by atoms with E-state index in [-0.39, 0.29) is 23.4 Å². The predicted molar refractivity (Wildman–Crippen MR) is 77.0 cm³/mol. The highest BCUT2D eigenvalue weighted by Gasteiger charge is 2.33. The van der Waals surface area contributed by atoms with E-state index in [0.29, 0.717) is 13.1 Å². The lowest BCUT2D eigenvalue weighted by molar-refractivity contribution is 0.150. The lowest BCUT2D eigenvalue weighted by atomic mass is 9.91. The highest BCUT2D eigenvalue weighted by molar-refractivity contribution is 5.75. The van der Waals surface area contributed by atoms with Crippen LogP contribution in [-0.2, 0) is 0 Å². The van der Waals surface area contributed by atoms with Gasteiger partial charge in [0, 0.05) is 37.2 Å². The summed E-state index contributed by atoms with van der Waals surface area (Å²) >= 11 is 0. The molecule has 0 unspecified atom stereocenters. The summed E-state index contributed by atoms with van der Waals surface area (Å²) < 4.78 is 0. The summed E-state index contributed by atoms with van der Waals surface area (Å²) in [4.78, 5) is 13.6. The predicted octanol–water partition coefficient (Wildman–Crippen LogP) is 2.40. The molecule has 5 heteroatoms. The molecule has 0 saturated carbocycles. The van der Waals surface area contributed by atoms with Crippen molar-refractivity contribution in [2.75, 3.05) is 19.6 Å². The van der Waals surface area contributed by atoms with Crippen molar-refractivity contribution in [2.45, 2.75) is 32.1 Å². The third-order valence-electron chi connectivity index (χ3n) is 3.68. The topological polar surface area (TPSA) is 72.8 Å². The van der Waals surface area contributed by atoms with Gasteiger partial charge in [0.15, 0.2) is 0 Å². The van der Waals surface area contributed by atoms with Gasteiger partial charge in [-0.05, 0) is 12.5 Å². The van der Waals surface area contributed by atoms with Crippen LogP contribution in [0.1, 0.15) is 37.7 Å². The van der Waals surface area contributed by atoms with Crippen molar-refractivity contribution in [1.82, 2.24) is 10.2 Å². The minimum atomic E-state index is -0.0318. The van der Waals surface area contributed by atoms with Crippen molar-refractivity contribution in [1.29, 1.82) is 0 Å². The lowest BCUT2D eigenvalue weighted by Gasteiger charge is -2.39. The molecule has 3 N–H and O–H groups in total. The maximum absolute atomic E-state index is 11.8. The van der Waals surface area contributed by atoms with Gasteiger partial charge in [0.2, 0.25) is 0 Å². The third kappa shape index (κ3) is 3.35. The Labute approximate surface area is 119 Å². The number of likely N-dealkylation sites (tertiary alicyclic amines) is 1. The monoisotopic (exact) mass is 278 g/mol. The van der Waals surface area contributed by atoms with E-state index in [1.165, 1.54) is 6.07 Å². The highest BCUT2D eigenvalue weighted by atomic mass is 16.3. The first-order chi connectivity index (χ1) is 9.61. The molecule has 110 valence electrons. The first-order valence-electron chi connectivity index (χ1n) is 7.16. The number of phenolic OH excluding ortho intramolecular Hbond substituents is 2. The van der Waals surface area contributed by atoms with Gasteiger partial charge in [-0.15, -0.1) is 0 Å². The van der Waals surface area contributed by atoms with Gasteiger partial charge in [-0.2, -0.15) is 0 Å². The standard InChI is InChI=1S/C15H22N2O3/c1-2-3-4-7-16-15(20)17-9-11(10-17)13-6-5-12(18)8-14(13)19/h5-6,8,11,18-19H,2-4,7,9-10H2,1H3,(H,16,20). The molecule has 0 bridgehead atoms. The van der Waals surface area contributed by atoms with Crippen LogP contribution in [0.25, 0.3) is 0 Å². The molecule has 1 fully saturated rings. The Balaban J connectivity index is 1.77. The molecule has 1 aromatic rings. The van der Waals surface area contributed by atoms with Crippen LogP contribution in [0.3, 0.4) is 0 Å². The fraction of sp³-hybridized carbons (Fsp3) is 0.533. The molecule has 5 nitrogen and oxygen atoms in total. The number of hydrogen-bond acceptors (Lipinski definition) is 3. The molecule has 0 atom stereocenters. The Morgan fingerprint density at radius 1 is 1.35 bits per heavy atom. The highest BCUT2D eigenvalue weighted by Crippen LogP contribution is 2.34. The maximum Gasteiger partial charge on any atom is 0.317 e. The minimum absolute atomic E-state index is 0.0318. The number of nitrogens with one attached hydrogen (secondary N) is 1. The largest absolute Gasteiger partial charge is 0.508 e. The average molecular weight is 278 g/mol. The van der Waals surface area contributed by atoms with Crippen LogP contribution < -0.4 is 5.32 Å². The molecule has 20 heavy (non-hydrogen) atoms. The summed E-state index contributed by atoms with van der Waals surface area (Å²) in [5.74, 6) is 0.297. The second kappa shape index (κ2) is 6.50. The Kier molecular flexibility index (Phi) is 4.71. The summed E-state index contributed by atoms with van der Waals surface area (Å²) in [6.45, 7) is 4.07. The minimum Gasteiger partial charge on any atom is -0.508 e. The molecular weight excluding hydrogens is 256 g/mol. The number of unbranched alkanes of at least 4 members (excludes halogenated alkanes) is 2. The third-order valence-corrected chi connectivity index (χ3v) is 3.68. The van der Waals surface area contributed by atoms with E-state index in [1.807, 2.05) is 0 Å². The summed E-state index contributed by atoms with van der Waals surface area (Å²) in [7, 11) is 0. The number of phenols is 2. The zero-order valence-corrected chi connectivity index (χ0v) is 11.8. The number of benzene rings is 1. The van der Waals surface area contributed by atoms with Gasteiger partial charge in [0.05, 0.1) is 0 Å². The Bertz CT molecular complexity index is 470. The summed E-state index contributed by atoms with van der Waals surface area (Å²) in [5, 5.41) is 21.9. The Morgan fingerprint density at radius 3 is 2.75 bits per heavy atom. The lowest BCUT2D eigenvalue weighted by Crippen LogP contribution is -2.52. The van der Waals surface area contributed by atoms with E-state index in [4.69, 9.17) is 0 Å². The number of urea groups is 1. The molecule has 1 aliphatic heterocycles. The molecule has 1 aliphatic rings. The second-order valence-electron chi connectivity index (χ2n) is 5.28. The first-order valence-corrected chi connectivity index (χ1v) is 7.16. The molecule has 0 aromatic heterocycles. The van der Waals surface area contributed by atoms with Gasteiger partial charge in [0.1, 0.15) is 11.5 Å². The van der Waals surface area contributed by atoms with Gasteiger partial charge in [-0.25, -0.2) is 4.79 Å². The fourth-order valence-corrected chi connectivity index (χ4v) is 2.40. The van der Waals surface area contributed by atoms with Crippen LogP contribution in [-0.4, -0.2) is 40.8 Å². The number of carbonyl (C=O) groups is 1. The van der Waals surface area contributed by atoms with Gasteiger partial charge >= 0.3 is 6.03 Å². The maximum atomic E-state index is 11.8. The van der Waals surface area contributed by atoms with Crippen LogP contribution in [0.4, 0.5) is 4.79 Å². The van der Waals surface area contributed by atoms with Crippen molar-refractivity contribution in [3.05, 3.63) is 23.8 Å². The van der Waals surface area contributed by atoms with Gasteiger partial charge in [0.25, 0.3) is 0 Å². The van der Waals surface area contributed by atoms with Crippen molar-refractivity contribution < 1.29 is 15.0 Å². The number of aromatic hydroxyl groups is 2. The van der Waals surface area contributed by atoms with E-state index >= 15 is 0 Å². The van der Waals surface area contributed by atoms with Crippen LogP contribution in [0, 0.1) is 0 Å². The van der Waals surface area contributed by atoms with Crippen molar-refractivity contribution in [2.24, 2.45) is 0 Å². The molecule has 1 saturated heterocycles. The van der Waals surface area contributed by atoms with Crippen LogP contribution in [0.5, 0.6) is 11.5 Å². The molecule has 0 aliphatic carbocycles. The van der Waals surface area contributed by atoms with E-state index < -0.39 is 0 Å². The van der Waals surface area contributed by atoms with Gasteiger partial charge < -0.3 is 20.4 Å². The van der Waals surface area contributed by atoms with Crippen LogP contribution >= 0.6 is 0 Å². The SMILES string of the molecule is CCCCCNC(=O)N1CC(c2ccc(O)cc2O)C1. The molecule has 0 radical (unpaired) electrons. The molecular formula is C15H22N2O3. The fourth-order valence-electron chi connectivity index (χ4n) is 2.40. The van der Waals surface area contributed by atoms with E-state index in [0.717, 1.165) is 31.4 Å². The Hall–Kier alpha value is -1.91. The Morgan fingerprint density at radius 2 is 2.10 bits per heavy atom. The quantitative estimate of drug-likeness (QED) is 0.724. The van der Waals surface area contributed by atoms with Crippen molar-refractivity contribution in [3.8, 4) is 11.5 Å². The number of amides is 2. The average Bonchev–Trinajstić information content (AvgIpc) is 2.35. The number of nitrogens with zero attached hydrogens (tertiary/aromatic N) is 1. The number of rotatable bonds is 5. The van der Waals surface area contributed by atoms with E-state index in [1.54, 1.807) is 17.0 Å². The van der Waals surface area contributed by atoms with Crippen LogP contribution in [0.2, 0.25) is 0 Å². The summed E-state index contributed by atoms with van der Waals surface area (Å²) in [6, 6.07) is 4.58. The van der Waals surface area contributed by atoms with E-state index in [2.05, 4.69) is 12.2 Å². The van der Waals surface area contributed by atoms with Crippen molar-refractivity contribution in [3.63, 3.8) is 0 Å². The first kappa shape index (κ1) is 14.5. The zero-order valence-electron chi connectivity index (χ0n) is 11.8. The summed E-state index contributed by atoms with van der Waals surface area (Å²) in [6.07, 6.45) is 3.28. The van der Waals surface area contributed by atoms with Gasteiger partial charge in [-0.3, -0.25) is 0 Å². The van der Waals surface area contributed by atoms with Crippen LogP contribution in [0.15, 0.2) is 18.2 Å². The molecule has 0 spiro atoms. The zero-order chi connectivity index (χ0) is 14.5. The second-order valence-corrected chi connectivity index (χ2v) is 5.28. The van der Waals surface area contributed by atoms with Crippen molar-refractivity contribution >= 4 is 6.03 Å². The van der Waals surface area contributed by atoms with Gasteiger partial charge in [-0.1, -0.05) is 25.8 Å². The molecule has 1 heterocycles. The smallest absolute Gasteiger partial charge is 0.317 e. The number of carbonyl (C=O) groups excluding carboxylic acids is 1. The molecule has 2 rings (SSSR count). The molecule has 2 amide bonds. The summed E-state index contributed by atoms with van der Waals surface area (Å²) in [5.41, 5.74) is 0.790.